The Hall–Kier alpha value is -0.995. The molecule has 0 radical (unpaired) electrons. The number of H-pyrrole nitrogens is 1. The molecule has 0 aliphatic rings. The van der Waals surface area contributed by atoms with Crippen LogP contribution in [-0.4, -0.2) is 28.1 Å². The summed E-state index contributed by atoms with van der Waals surface area (Å²) in [6.45, 7) is 0. The average Bonchev–Trinajstić information content (AvgIpc) is 1.87. The molecular weight excluding hydrogens is 92.9 g/mol. The molecule has 1 heterocycles. The number of hydrogen-bond donors (Lipinski definition) is 2. The molecule has 0 spiro atoms. The fraction of sp³-hybridized carbons (Fsp3) is 0. The third-order valence-corrected chi connectivity index (χ3v) is 0.587. The van der Waals surface area contributed by atoms with Gasteiger partial charge in [0.05, 0.1) is 5.72 Å². The molecule has 1 aromatic rings. The molecule has 1 rings (SSSR count). The molecule has 0 saturated carbocycles. The highest BCUT2D eigenvalue weighted by Gasteiger charge is 1.88. The highest BCUT2D eigenvalue weighted by atomic mass is 16.3. The summed E-state index contributed by atoms with van der Waals surface area (Å²) in [4.78, 5) is 2.47. The van der Waals surface area contributed by atoms with Crippen molar-refractivity contribution in [3.05, 3.63) is 0 Å². The van der Waals surface area contributed by atoms with Gasteiger partial charge in [-0.05, 0) is 0 Å². The van der Waals surface area contributed by atoms with Crippen LogP contribution in [0.3, 0.4) is 0 Å². The quantitative estimate of drug-likeness (QED) is 0.360. The molecule has 0 fully saturated rings. The van der Waals surface area contributed by atoms with Gasteiger partial charge in [-0.1, -0.05) is 5.10 Å². The molecule has 0 aliphatic carbocycles. The molecule has 5 heteroatoms. The fourth-order valence-corrected chi connectivity index (χ4v) is 0.334. The summed E-state index contributed by atoms with van der Waals surface area (Å²) in [5, 5.41) is 15.2. The van der Waals surface area contributed by atoms with Crippen molar-refractivity contribution in [2.45, 2.75) is 0 Å². The van der Waals surface area contributed by atoms with Gasteiger partial charge in [-0.3, -0.25) is 0 Å². The molecule has 0 atom stereocenters. The third kappa shape index (κ3) is 0.705. The van der Waals surface area contributed by atoms with E-state index in [1.165, 1.54) is 0 Å². The van der Waals surface area contributed by atoms with E-state index in [9.17, 15) is 0 Å². The van der Waals surface area contributed by atoms with Crippen molar-refractivity contribution < 1.29 is 5.11 Å². The van der Waals surface area contributed by atoms with Crippen molar-refractivity contribution in [2.24, 2.45) is 0 Å². The summed E-state index contributed by atoms with van der Waals surface area (Å²) in [5.41, 5.74) is 0.623. The van der Waals surface area contributed by atoms with E-state index in [4.69, 9.17) is 5.11 Å². The third-order valence-electron chi connectivity index (χ3n) is 0.587. The Morgan fingerprint density at radius 1 is 1.57 bits per heavy atom. The lowest BCUT2D eigenvalue weighted by molar-refractivity contribution is 0.433. The molecule has 0 aliphatic heterocycles. The maximum Gasteiger partial charge on any atom is 0.310 e. The zero-order valence-electron chi connectivity index (χ0n) is 3.84. The van der Waals surface area contributed by atoms with Crippen LogP contribution in [0, 0.1) is 0 Å². The first-order valence-corrected chi connectivity index (χ1v) is 1.87. The summed E-state index contributed by atoms with van der Waals surface area (Å²) >= 11 is 0. The van der Waals surface area contributed by atoms with Crippen molar-refractivity contribution in [3.8, 4) is 6.01 Å². The molecular formula is C2H4BN3O. The minimum atomic E-state index is -0.127. The van der Waals surface area contributed by atoms with E-state index in [0.29, 0.717) is 5.72 Å². The summed E-state index contributed by atoms with van der Waals surface area (Å²) in [6.07, 6.45) is 0. The first kappa shape index (κ1) is 4.17. The van der Waals surface area contributed by atoms with Crippen molar-refractivity contribution in [1.82, 2.24) is 15.2 Å². The number of aromatic nitrogens is 3. The van der Waals surface area contributed by atoms with E-state index in [1.54, 1.807) is 7.85 Å². The number of rotatable bonds is 0. The van der Waals surface area contributed by atoms with Crippen LogP contribution in [0.15, 0.2) is 0 Å². The first-order chi connectivity index (χ1) is 3.29. The first-order valence-electron chi connectivity index (χ1n) is 1.87. The van der Waals surface area contributed by atoms with Crippen LogP contribution in [-0.2, 0) is 0 Å². The molecule has 0 aromatic carbocycles. The van der Waals surface area contributed by atoms with Crippen LogP contribution >= 0.6 is 0 Å². The van der Waals surface area contributed by atoms with Crippen LogP contribution in [0.5, 0.6) is 6.01 Å². The Labute approximate surface area is 41.0 Å². The summed E-state index contributed by atoms with van der Waals surface area (Å²) < 4.78 is 0. The Morgan fingerprint density at radius 2 is 2.29 bits per heavy atom. The van der Waals surface area contributed by atoms with Gasteiger partial charge >= 0.3 is 6.01 Å². The minimum absolute atomic E-state index is 0.127. The average molecular weight is 96.9 g/mol. The zero-order valence-corrected chi connectivity index (χ0v) is 3.84. The molecule has 7 heavy (non-hydrogen) atoms. The summed E-state index contributed by atoms with van der Waals surface area (Å²) in [5.74, 6) is 0. The molecule has 1 aromatic heterocycles. The second kappa shape index (κ2) is 1.25. The van der Waals surface area contributed by atoms with Crippen LogP contribution in [0.4, 0.5) is 0 Å². The topological polar surface area (TPSA) is 61.8 Å². The normalized spacial score (nSPS) is 9.14. The van der Waals surface area contributed by atoms with E-state index >= 15 is 0 Å². The highest BCUT2D eigenvalue weighted by molar-refractivity contribution is 6.28. The molecule has 0 bridgehead atoms. The van der Waals surface area contributed by atoms with Gasteiger partial charge < -0.3 is 10.1 Å². The standard InChI is InChI=1S/C2H4BN3O/c3-1-4-2(7)6-5-1/h3H2,(H2,4,5,6,7). The van der Waals surface area contributed by atoms with E-state index in [1.807, 2.05) is 0 Å². The van der Waals surface area contributed by atoms with E-state index in [-0.39, 0.29) is 6.01 Å². The molecule has 0 saturated heterocycles. The molecule has 4 nitrogen and oxygen atoms in total. The molecule has 36 valence electrons. The summed E-state index contributed by atoms with van der Waals surface area (Å²) in [6, 6.07) is -0.127. The monoisotopic (exact) mass is 97.0 g/mol. The van der Waals surface area contributed by atoms with Gasteiger partial charge in [-0.25, -0.2) is 0 Å². The smallest absolute Gasteiger partial charge is 0.310 e. The van der Waals surface area contributed by atoms with E-state index < -0.39 is 0 Å². The molecule has 0 unspecified atom stereocenters. The number of hydrogen-bond acceptors (Lipinski definition) is 3. The number of aromatic amines is 1. The lowest BCUT2D eigenvalue weighted by Gasteiger charge is -1.70. The van der Waals surface area contributed by atoms with Gasteiger partial charge in [0.15, 0.2) is 7.85 Å². The Balaban J connectivity index is 3.04. The van der Waals surface area contributed by atoms with Crippen LogP contribution < -0.4 is 5.72 Å². The van der Waals surface area contributed by atoms with Crippen molar-refractivity contribution in [1.29, 1.82) is 0 Å². The van der Waals surface area contributed by atoms with Crippen molar-refractivity contribution in [3.63, 3.8) is 0 Å². The lowest BCUT2D eigenvalue weighted by Crippen LogP contribution is -2.05. The minimum Gasteiger partial charge on any atom is -0.479 e. The largest absolute Gasteiger partial charge is 0.479 e. The number of aromatic hydroxyl groups is 1. The predicted octanol–water partition coefficient (Wildman–Crippen LogP) is -2.23. The zero-order chi connectivity index (χ0) is 5.28. The fourth-order valence-electron chi connectivity index (χ4n) is 0.334. The van der Waals surface area contributed by atoms with E-state index in [2.05, 4.69) is 15.2 Å². The van der Waals surface area contributed by atoms with Gasteiger partial charge in [0.25, 0.3) is 0 Å². The van der Waals surface area contributed by atoms with Gasteiger partial charge in [0.2, 0.25) is 0 Å². The lowest BCUT2D eigenvalue weighted by atomic mass is 10.1. The van der Waals surface area contributed by atoms with Gasteiger partial charge in [0.1, 0.15) is 0 Å². The SMILES string of the molecule is Bc1nnc(O)[nH]1. The highest BCUT2D eigenvalue weighted by Crippen LogP contribution is 1.84. The predicted molar refractivity (Wildman–Crippen MR) is 26.2 cm³/mol. The van der Waals surface area contributed by atoms with Gasteiger partial charge in [0, 0.05) is 0 Å². The van der Waals surface area contributed by atoms with E-state index in [0.717, 1.165) is 0 Å². The van der Waals surface area contributed by atoms with Crippen LogP contribution in [0.1, 0.15) is 0 Å². The van der Waals surface area contributed by atoms with Gasteiger partial charge in [-0.2, -0.15) is 0 Å². The number of nitrogens with zero attached hydrogens (tertiary/aromatic N) is 2. The molecule has 0 amide bonds. The second-order valence-electron chi connectivity index (χ2n) is 1.23. The Morgan fingerprint density at radius 3 is 2.43 bits per heavy atom. The maximum atomic E-state index is 8.42. The second-order valence-corrected chi connectivity index (χ2v) is 1.23. The Kier molecular flexibility index (Phi) is 0.747. The maximum absolute atomic E-state index is 8.42. The molecule has 2 N–H and O–H groups in total. The van der Waals surface area contributed by atoms with Crippen LogP contribution in [0.25, 0.3) is 0 Å². The van der Waals surface area contributed by atoms with Crippen molar-refractivity contribution in [2.75, 3.05) is 0 Å². The number of nitrogens with one attached hydrogen (secondary N) is 1. The van der Waals surface area contributed by atoms with Crippen molar-refractivity contribution >= 4 is 13.6 Å². The summed E-state index contributed by atoms with van der Waals surface area (Å²) in [7, 11) is 1.72. The Bertz CT molecular complexity index is 145. The van der Waals surface area contributed by atoms with Crippen LogP contribution in [0.2, 0.25) is 0 Å². The van der Waals surface area contributed by atoms with Gasteiger partial charge in [-0.15, -0.1) is 5.10 Å².